The van der Waals surface area contributed by atoms with Crippen LogP contribution in [-0.4, -0.2) is 15.6 Å². The second-order valence-corrected chi connectivity index (χ2v) is 3.77. The molecule has 0 aliphatic heterocycles. The summed E-state index contributed by atoms with van der Waals surface area (Å²) in [5.74, 6) is -1.18. The first-order valence-corrected chi connectivity index (χ1v) is 4.62. The predicted octanol–water partition coefficient (Wildman–Crippen LogP) is 0.997. The SMILES string of the molecule is Cc1c(I)c(=O)c(C(=O)O)cn1C. The first-order valence-electron chi connectivity index (χ1n) is 3.54. The van der Waals surface area contributed by atoms with Crippen LogP contribution in [0.15, 0.2) is 11.0 Å². The van der Waals surface area contributed by atoms with E-state index in [2.05, 4.69) is 0 Å². The Bertz CT molecular complexity index is 422. The van der Waals surface area contributed by atoms with Crippen LogP contribution < -0.4 is 5.43 Å². The molecule has 0 atom stereocenters. The smallest absolute Gasteiger partial charge is 0.341 e. The number of nitrogens with zero attached hydrogens (tertiary/aromatic N) is 1. The normalized spacial score (nSPS) is 10.1. The van der Waals surface area contributed by atoms with Crippen LogP contribution in [0.1, 0.15) is 16.1 Å². The van der Waals surface area contributed by atoms with Crippen LogP contribution in [0.2, 0.25) is 0 Å². The van der Waals surface area contributed by atoms with Gasteiger partial charge in [-0.2, -0.15) is 0 Å². The summed E-state index contributed by atoms with van der Waals surface area (Å²) in [5.41, 5.74) is 0.178. The lowest BCUT2D eigenvalue weighted by atomic mass is 10.2. The average Bonchev–Trinajstić information content (AvgIpc) is 2.07. The monoisotopic (exact) mass is 293 g/mol. The second-order valence-electron chi connectivity index (χ2n) is 2.69. The molecular formula is C8H8INO3. The maximum Gasteiger partial charge on any atom is 0.341 e. The van der Waals surface area contributed by atoms with Crippen molar-refractivity contribution in [1.29, 1.82) is 0 Å². The van der Waals surface area contributed by atoms with Gasteiger partial charge < -0.3 is 9.67 Å². The number of hydrogen-bond acceptors (Lipinski definition) is 2. The highest BCUT2D eigenvalue weighted by atomic mass is 127. The van der Waals surface area contributed by atoms with E-state index in [1.165, 1.54) is 6.20 Å². The molecule has 1 aromatic rings. The molecule has 0 aromatic carbocycles. The molecule has 0 saturated carbocycles. The van der Waals surface area contributed by atoms with Gasteiger partial charge in [-0.05, 0) is 29.5 Å². The number of aromatic nitrogens is 1. The van der Waals surface area contributed by atoms with Gasteiger partial charge >= 0.3 is 5.97 Å². The van der Waals surface area contributed by atoms with Gasteiger partial charge in [0.25, 0.3) is 0 Å². The Morgan fingerprint density at radius 1 is 1.62 bits per heavy atom. The van der Waals surface area contributed by atoms with E-state index in [1.807, 2.05) is 22.6 Å². The van der Waals surface area contributed by atoms with Crippen molar-refractivity contribution in [3.05, 3.63) is 31.2 Å². The molecule has 0 saturated heterocycles. The summed E-state index contributed by atoms with van der Waals surface area (Å²) in [6.07, 6.45) is 1.34. The van der Waals surface area contributed by atoms with Crippen molar-refractivity contribution >= 4 is 28.6 Å². The number of rotatable bonds is 1. The van der Waals surface area contributed by atoms with Gasteiger partial charge in [0.1, 0.15) is 5.56 Å². The van der Waals surface area contributed by atoms with E-state index in [0.29, 0.717) is 3.57 Å². The van der Waals surface area contributed by atoms with E-state index < -0.39 is 11.4 Å². The van der Waals surface area contributed by atoms with Crippen molar-refractivity contribution < 1.29 is 9.90 Å². The number of aryl methyl sites for hydroxylation is 1. The number of aromatic carboxylic acids is 1. The molecule has 0 aliphatic carbocycles. The van der Waals surface area contributed by atoms with Crippen LogP contribution >= 0.6 is 22.6 Å². The predicted molar refractivity (Wildman–Crippen MR) is 56.1 cm³/mol. The molecule has 1 heterocycles. The van der Waals surface area contributed by atoms with Crippen molar-refractivity contribution in [2.45, 2.75) is 6.92 Å². The summed E-state index contributed by atoms with van der Waals surface area (Å²) in [7, 11) is 1.71. The Labute approximate surface area is 88.3 Å². The van der Waals surface area contributed by atoms with Gasteiger partial charge in [-0.25, -0.2) is 4.79 Å². The Hall–Kier alpha value is -0.850. The zero-order valence-corrected chi connectivity index (χ0v) is 9.32. The van der Waals surface area contributed by atoms with Crippen LogP contribution in [0, 0.1) is 10.5 Å². The molecule has 4 nitrogen and oxygen atoms in total. The fourth-order valence-corrected chi connectivity index (χ4v) is 1.61. The molecular weight excluding hydrogens is 285 g/mol. The van der Waals surface area contributed by atoms with E-state index in [9.17, 15) is 9.59 Å². The number of hydrogen-bond donors (Lipinski definition) is 1. The van der Waals surface area contributed by atoms with Crippen LogP contribution in [0.5, 0.6) is 0 Å². The van der Waals surface area contributed by atoms with Gasteiger partial charge in [0.2, 0.25) is 5.43 Å². The van der Waals surface area contributed by atoms with E-state index in [-0.39, 0.29) is 5.56 Å². The molecule has 0 unspecified atom stereocenters. The molecule has 0 bridgehead atoms. The molecule has 0 radical (unpaired) electrons. The Morgan fingerprint density at radius 3 is 2.62 bits per heavy atom. The molecule has 1 rings (SSSR count). The highest BCUT2D eigenvalue weighted by Gasteiger charge is 2.13. The minimum atomic E-state index is -1.18. The molecule has 0 spiro atoms. The third-order valence-corrected chi connectivity index (χ3v) is 3.11. The lowest BCUT2D eigenvalue weighted by molar-refractivity contribution is 0.0694. The maximum atomic E-state index is 11.4. The van der Waals surface area contributed by atoms with Gasteiger partial charge in [0.15, 0.2) is 0 Å². The number of pyridine rings is 1. The van der Waals surface area contributed by atoms with Crippen LogP contribution in [-0.2, 0) is 7.05 Å². The Balaban J connectivity index is 3.60. The number of halogens is 1. The fraction of sp³-hybridized carbons (Fsp3) is 0.250. The Kier molecular flexibility index (Phi) is 2.74. The van der Waals surface area contributed by atoms with Crippen molar-refractivity contribution in [2.24, 2.45) is 7.05 Å². The van der Waals surface area contributed by atoms with Crippen LogP contribution in [0.25, 0.3) is 0 Å². The highest BCUT2D eigenvalue weighted by Crippen LogP contribution is 2.06. The number of carbonyl (C=O) groups is 1. The van der Waals surface area contributed by atoms with Gasteiger partial charge in [-0.15, -0.1) is 0 Å². The van der Waals surface area contributed by atoms with Crippen molar-refractivity contribution in [2.75, 3.05) is 0 Å². The molecule has 70 valence electrons. The van der Waals surface area contributed by atoms with Gasteiger partial charge in [-0.3, -0.25) is 4.79 Å². The van der Waals surface area contributed by atoms with Crippen LogP contribution in [0.4, 0.5) is 0 Å². The third-order valence-electron chi connectivity index (χ3n) is 1.84. The van der Waals surface area contributed by atoms with Crippen molar-refractivity contribution in [3.8, 4) is 0 Å². The zero-order chi connectivity index (χ0) is 10.2. The minimum absolute atomic E-state index is 0.183. The van der Waals surface area contributed by atoms with Crippen molar-refractivity contribution in [3.63, 3.8) is 0 Å². The summed E-state index contributed by atoms with van der Waals surface area (Å²) >= 11 is 1.86. The van der Waals surface area contributed by atoms with E-state index in [4.69, 9.17) is 5.11 Å². The highest BCUT2D eigenvalue weighted by molar-refractivity contribution is 14.1. The van der Waals surface area contributed by atoms with E-state index in [0.717, 1.165) is 5.69 Å². The first-order chi connectivity index (χ1) is 5.95. The molecule has 1 N–H and O–H groups in total. The fourth-order valence-electron chi connectivity index (χ4n) is 0.939. The van der Waals surface area contributed by atoms with Gasteiger partial charge in [0.05, 0.1) is 3.57 Å². The second kappa shape index (κ2) is 3.49. The summed E-state index contributed by atoms with van der Waals surface area (Å²) in [6.45, 7) is 1.77. The lowest BCUT2D eigenvalue weighted by Gasteiger charge is -2.06. The largest absolute Gasteiger partial charge is 0.477 e. The van der Waals surface area contributed by atoms with Crippen LogP contribution in [0.3, 0.4) is 0 Å². The van der Waals surface area contributed by atoms with E-state index >= 15 is 0 Å². The maximum absolute atomic E-state index is 11.4. The number of carboxylic acid groups (broad SMARTS) is 1. The van der Waals surface area contributed by atoms with Gasteiger partial charge in [-0.1, -0.05) is 0 Å². The summed E-state index contributed by atoms with van der Waals surface area (Å²) in [6, 6.07) is 0. The topological polar surface area (TPSA) is 59.3 Å². The molecule has 5 heteroatoms. The zero-order valence-electron chi connectivity index (χ0n) is 7.17. The summed E-state index contributed by atoms with van der Waals surface area (Å²) < 4.78 is 2.09. The molecule has 0 amide bonds. The van der Waals surface area contributed by atoms with Crippen molar-refractivity contribution in [1.82, 2.24) is 4.57 Å². The number of carboxylic acids is 1. The quantitative estimate of drug-likeness (QED) is 0.786. The molecule has 0 aliphatic rings. The average molecular weight is 293 g/mol. The van der Waals surface area contributed by atoms with E-state index in [1.54, 1.807) is 18.5 Å². The standard InChI is InChI=1S/C8H8INO3/c1-4-6(9)7(11)5(8(12)13)3-10(4)2/h3H,1-2H3,(H,12,13). The first kappa shape index (κ1) is 10.2. The lowest BCUT2D eigenvalue weighted by Crippen LogP contribution is -2.21. The molecule has 1 aromatic heterocycles. The molecule has 13 heavy (non-hydrogen) atoms. The molecule has 0 fully saturated rings. The minimum Gasteiger partial charge on any atom is -0.477 e. The summed E-state index contributed by atoms with van der Waals surface area (Å²) in [4.78, 5) is 22.0. The Morgan fingerprint density at radius 2 is 2.15 bits per heavy atom. The summed E-state index contributed by atoms with van der Waals surface area (Å²) in [5, 5.41) is 8.69. The third kappa shape index (κ3) is 1.74. The van der Waals surface area contributed by atoms with Gasteiger partial charge in [0, 0.05) is 18.9 Å².